The van der Waals surface area contributed by atoms with E-state index in [-0.39, 0.29) is 0 Å². The van der Waals surface area contributed by atoms with E-state index < -0.39 is 17.3 Å². The van der Waals surface area contributed by atoms with Gasteiger partial charge in [-0.2, -0.15) is 0 Å². The molecule has 0 spiro atoms. The van der Waals surface area contributed by atoms with E-state index in [1.165, 1.54) is 0 Å². The number of carbonyl (C=O) groups excluding carboxylic acids is 1. The minimum atomic E-state index is -0.970. The standard InChI is InChI=1S/C11H19NO3/c1-11(2,3)9(10(14)15)8(7-13)6-12(4)5/h6-7,9H,1-5H3,(H,14,15). The van der Waals surface area contributed by atoms with Gasteiger partial charge in [0.2, 0.25) is 0 Å². The number of carbonyl (C=O) groups is 2. The summed E-state index contributed by atoms with van der Waals surface area (Å²) in [4.78, 5) is 23.7. The van der Waals surface area contributed by atoms with Crippen LogP contribution >= 0.6 is 0 Å². The number of hydrogen-bond donors (Lipinski definition) is 1. The second kappa shape index (κ2) is 4.96. The number of hydrogen-bond acceptors (Lipinski definition) is 3. The minimum absolute atomic E-state index is 0.292. The molecule has 86 valence electrons. The largest absolute Gasteiger partial charge is 0.481 e. The number of aliphatic carboxylic acids is 1. The summed E-state index contributed by atoms with van der Waals surface area (Å²) >= 11 is 0. The van der Waals surface area contributed by atoms with Crippen LogP contribution in [0.4, 0.5) is 0 Å². The molecule has 15 heavy (non-hydrogen) atoms. The van der Waals surface area contributed by atoms with E-state index in [0.29, 0.717) is 11.9 Å². The Balaban J connectivity index is 5.23. The molecule has 1 N–H and O–H groups in total. The summed E-state index contributed by atoms with van der Waals surface area (Å²) in [6.45, 7) is 5.41. The lowest BCUT2D eigenvalue weighted by Gasteiger charge is -2.27. The third-order valence-corrected chi connectivity index (χ3v) is 1.99. The number of carboxylic acid groups (broad SMARTS) is 1. The van der Waals surface area contributed by atoms with E-state index in [4.69, 9.17) is 5.11 Å². The van der Waals surface area contributed by atoms with Crippen molar-refractivity contribution in [3.8, 4) is 0 Å². The molecule has 0 rings (SSSR count). The Hall–Kier alpha value is -1.32. The quantitative estimate of drug-likeness (QED) is 0.566. The van der Waals surface area contributed by atoms with Gasteiger partial charge in [0, 0.05) is 25.9 Å². The van der Waals surface area contributed by atoms with E-state index >= 15 is 0 Å². The van der Waals surface area contributed by atoms with Gasteiger partial charge in [-0.25, -0.2) is 0 Å². The highest BCUT2D eigenvalue weighted by Crippen LogP contribution is 2.31. The zero-order chi connectivity index (χ0) is 12.2. The predicted octanol–water partition coefficient (Wildman–Crippen LogP) is 1.38. The van der Waals surface area contributed by atoms with Crippen LogP contribution in [0.2, 0.25) is 0 Å². The Morgan fingerprint density at radius 1 is 1.33 bits per heavy atom. The molecule has 0 aliphatic heterocycles. The fourth-order valence-electron chi connectivity index (χ4n) is 1.48. The van der Waals surface area contributed by atoms with Crippen molar-refractivity contribution in [2.24, 2.45) is 11.3 Å². The highest BCUT2D eigenvalue weighted by Gasteiger charge is 2.34. The van der Waals surface area contributed by atoms with E-state index in [0.717, 1.165) is 0 Å². The average Bonchev–Trinajstić information content (AvgIpc) is 1.98. The van der Waals surface area contributed by atoms with Crippen molar-refractivity contribution in [1.29, 1.82) is 0 Å². The molecule has 0 aromatic rings. The molecule has 0 saturated heterocycles. The highest BCUT2D eigenvalue weighted by molar-refractivity contribution is 5.86. The Morgan fingerprint density at radius 3 is 2.00 bits per heavy atom. The normalized spacial score (nSPS) is 14.6. The van der Waals surface area contributed by atoms with Gasteiger partial charge in [0.05, 0.1) is 5.92 Å². The lowest BCUT2D eigenvalue weighted by molar-refractivity contribution is -0.144. The molecule has 4 nitrogen and oxygen atoms in total. The zero-order valence-electron chi connectivity index (χ0n) is 9.94. The monoisotopic (exact) mass is 213 g/mol. The van der Waals surface area contributed by atoms with Crippen LogP contribution in [0.25, 0.3) is 0 Å². The van der Waals surface area contributed by atoms with Crippen molar-refractivity contribution >= 4 is 12.3 Å². The maximum atomic E-state index is 11.1. The average molecular weight is 213 g/mol. The van der Waals surface area contributed by atoms with E-state index in [2.05, 4.69) is 0 Å². The van der Waals surface area contributed by atoms with Gasteiger partial charge in [-0.1, -0.05) is 20.8 Å². The summed E-state index contributed by atoms with van der Waals surface area (Å²) in [5.41, 5.74) is -0.186. The molecule has 0 fully saturated rings. The van der Waals surface area contributed by atoms with E-state index in [1.54, 1.807) is 46.0 Å². The van der Waals surface area contributed by atoms with Gasteiger partial charge in [0.15, 0.2) is 0 Å². The molecule has 4 heteroatoms. The number of aldehydes is 1. The van der Waals surface area contributed by atoms with Gasteiger partial charge < -0.3 is 10.0 Å². The van der Waals surface area contributed by atoms with Crippen molar-refractivity contribution in [3.63, 3.8) is 0 Å². The van der Waals surface area contributed by atoms with Crippen molar-refractivity contribution in [1.82, 2.24) is 4.90 Å². The molecule has 0 radical (unpaired) electrons. The van der Waals surface area contributed by atoms with Crippen molar-refractivity contribution < 1.29 is 14.7 Å². The van der Waals surface area contributed by atoms with Crippen LogP contribution in [-0.2, 0) is 9.59 Å². The van der Waals surface area contributed by atoms with Crippen LogP contribution < -0.4 is 0 Å². The van der Waals surface area contributed by atoms with Gasteiger partial charge in [-0.05, 0) is 5.41 Å². The van der Waals surface area contributed by atoms with Crippen molar-refractivity contribution in [2.75, 3.05) is 14.1 Å². The van der Waals surface area contributed by atoms with Gasteiger partial charge in [0.1, 0.15) is 6.29 Å². The fraction of sp³-hybridized carbons (Fsp3) is 0.636. The van der Waals surface area contributed by atoms with Gasteiger partial charge in [-0.15, -0.1) is 0 Å². The topological polar surface area (TPSA) is 57.6 Å². The summed E-state index contributed by atoms with van der Waals surface area (Å²) in [5.74, 6) is -1.75. The lowest BCUT2D eigenvalue weighted by atomic mass is 9.76. The van der Waals surface area contributed by atoms with Crippen LogP contribution in [0.15, 0.2) is 11.8 Å². The zero-order valence-corrected chi connectivity index (χ0v) is 9.94. The predicted molar refractivity (Wildman–Crippen MR) is 58.4 cm³/mol. The maximum Gasteiger partial charge on any atom is 0.311 e. The molecule has 0 bridgehead atoms. The summed E-state index contributed by atoms with van der Waals surface area (Å²) in [5, 5.41) is 9.11. The van der Waals surface area contributed by atoms with Crippen molar-refractivity contribution in [2.45, 2.75) is 20.8 Å². The Kier molecular flexibility index (Phi) is 4.52. The third kappa shape index (κ3) is 4.14. The summed E-state index contributed by atoms with van der Waals surface area (Å²) < 4.78 is 0. The highest BCUT2D eigenvalue weighted by atomic mass is 16.4. The second-order valence-corrected chi connectivity index (χ2v) is 4.85. The molecule has 1 atom stereocenters. The van der Waals surface area contributed by atoms with E-state index in [1.807, 2.05) is 0 Å². The molecule has 1 unspecified atom stereocenters. The molecule has 0 aromatic heterocycles. The third-order valence-electron chi connectivity index (χ3n) is 1.99. The van der Waals surface area contributed by atoms with Crippen molar-refractivity contribution in [3.05, 3.63) is 11.8 Å². The van der Waals surface area contributed by atoms with E-state index in [9.17, 15) is 9.59 Å². The van der Waals surface area contributed by atoms with Gasteiger partial charge >= 0.3 is 5.97 Å². The fourth-order valence-corrected chi connectivity index (χ4v) is 1.48. The Bertz CT molecular complexity index is 274. The molecule has 0 aromatic carbocycles. The molecular weight excluding hydrogens is 194 g/mol. The molecular formula is C11H19NO3. The van der Waals surface area contributed by atoms with Crippen LogP contribution in [0.3, 0.4) is 0 Å². The molecule has 0 saturated carbocycles. The first kappa shape index (κ1) is 13.7. The first-order valence-corrected chi connectivity index (χ1v) is 4.76. The maximum absolute atomic E-state index is 11.1. The molecule has 0 aliphatic carbocycles. The Morgan fingerprint density at radius 2 is 1.80 bits per heavy atom. The molecule has 0 amide bonds. The summed E-state index contributed by atoms with van der Waals surface area (Å²) in [7, 11) is 3.51. The van der Waals surface area contributed by atoms with Gasteiger partial charge in [0.25, 0.3) is 0 Å². The molecule has 0 heterocycles. The minimum Gasteiger partial charge on any atom is -0.481 e. The van der Waals surface area contributed by atoms with Crippen LogP contribution in [-0.4, -0.2) is 36.4 Å². The number of carboxylic acids is 1. The van der Waals surface area contributed by atoms with Gasteiger partial charge in [-0.3, -0.25) is 9.59 Å². The van der Waals surface area contributed by atoms with Crippen LogP contribution in [0.5, 0.6) is 0 Å². The van der Waals surface area contributed by atoms with Crippen LogP contribution in [0.1, 0.15) is 20.8 Å². The SMILES string of the molecule is CN(C)C=C(C=O)C(C(=O)O)C(C)(C)C. The summed E-state index contributed by atoms with van der Waals surface area (Å²) in [6.07, 6.45) is 2.17. The summed E-state index contributed by atoms with van der Waals surface area (Å²) in [6, 6.07) is 0. The second-order valence-electron chi connectivity index (χ2n) is 4.85. The molecule has 0 aliphatic rings. The van der Waals surface area contributed by atoms with Crippen LogP contribution in [0, 0.1) is 11.3 Å². The first-order valence-electron chi connectivity index (χ1n) is 4.76. The lowest BCUT2D eigenvalue weighted by Crippen LogP contribution is -2.31. The smallest absolute Gasteiger partial charge is 0.311 e. The number of rotatable bonds is 4. The Labute approximate surface area is 90.6 Å². The first-order chi connectivity index (χ1) is 6.70. The number of nitrogens with zero attached hydrogens (tertiary/aromatic N) is 1.